The van der Waals surface area contributed by atoms with Gasteiger partial charge in [0, 0.05) is 15.4 Å². The van der Waals surface area contributed by atoms with E-state index in [1.807, 2.05) is 0 Å². The Bertz CT molecular complexity index is 2100. The number of aliphatic carboxylic acids is 1. The summed E-state index contributed by atoms with van der Waals surface area (Å²) in [5, 5.41) is 48.8. The van der Waals surface area contributed by atoms with Crippen LogP contribution in [0.25, 0.3) is 10.8 Å². The summed E-state index contributed by atoms with van der Waals surface area (Å²) < 4.78 is 16.1. The maximum atomic E-state index is 14.0. The summed E-state index contributed by atoms with van der Waals surface area (Å²) in [6.45, 7) is 1.66. The fourth-order valence-electron chi connectivity index (χ4n) is 4.15. The molecule has 0 aliphatic heterocycles. The Morgan fingerprint density at radius 1 is 0.896 bits per heavy atom. The smallest absolute Gasteiger partial charge is 0.335 e. The number of aromatic nitrogens is 2. The van der Waals surface area contributed by atoms with E-state index in [0.717, 1.165) is 10.2 Å². The van der Waals surface area contributed by atoms with Crippen molar-refractivity contribution in [3.8, 4) is 11.8 Å². The van der Waals surface area contributed by atoms with Crippen LogP contribution in [0.2, 0.25) is 0 Å². The fraction of sp³-hybridized carbons (Fsp3) is 0.118. The summed E-state index contributed by atoms with van der Waals surface area (Å²) in [6.07, 6.45) is -0.316. The number of phenols is 1. The van der Waals surface area contributed by atoms with Gasteiger partial charge in [-0.25, -0.2) is 18.7 Å². The molecule has 0 saturated carbocycles. The van der Waals surface area contributed by atoms with Crippen LogP contribution in [0.3, 0.4) is 0 Å². The number of hydrogen-bond donors (Lipinski definition) is 4. The van der Waals surface area contributed by atoms with Gasteiger partial charge in [-0.3, -0.25) is 9.59 Å². The molecule has 1 heterocycles. The van der Waals surface area contributed by atoms with Gasteiger partial charge in [0.25, 0.3) is 5.56 Å². The molecule has 5 rings (SSSR count). The Hall–Kier alpha value is -5.39. The van der Waals surface area contributed by atoms with E-state index in [1.165, 1.54) is 36.4 Å². The number of benzene rings is 4. The number of carboxylic acids is 3. The molecule has 0 aliphatic rings. The average molecular weight is 783 g/mol. The number of aromatic carboxylic acids is 2. The van der Waals surface area contributed by atoms with Crippen LogP contribution in [0.15, 0.2) is 98.7 Å². The Morgan fingerprint density at radius 2 is 1.54 bits per heavy atom. The zero-order chi connectivity index (χ0) is 35.5. The highest BCUT2D eigenvalue weighted by Crippen LogP contribution is 2.24. The summed E-state index contributed by atoms with van der Waals surface area (Å²) in [7, 11) is 0. The molecular weight excluding hydrogens is 757 g/mol. The second-order valence-electron chi connectivity index (χ2n) is 10.0. The Balaban J connectivity index is 0.000000219. The van der Waals surface area contributed by atoms with Gasteiger partial charge in [-0.2, -0.15) is 10.4 Å². The van der Waals surface area contributed by atoms with E-state index < -0.39 is 23.7 Å². The molecule has 1 unspecified atom stereocenters. The van der Waals surface area contributed by atoms with Gasteiger partial charge in [0.05, 0.1) is 51.6 Å². The van der Waals surface area contributed by atoms with E-state index in [1.54, 1.807) is 55.5 Å². The van der Waals surface area contributed by atoms with E-state index >= 15 is 0 Å². The maximum absolute atomic E-state index is 14.0. The van der Waals surface area contributed by atoms with Crippen LogP contribution in [0.4, 0.5) is 4.39 Å². The molecule has 0 fully saturated rings. The van der Waals surface area contributed by atoms with Gasteiger partial charge in [0.2, 0.25) is 0 Å². The highest BCUT2D eigenvalue weighted by Gasteiger charge is 2.14. The normalized spacial score (nSPS) is 10.8. The minimum atomic E-state index is -1.05. The van der Waals surface area contributed by atoms with Crippen molar-refractivity contribution in [3.05, 3.63) is 138 Å². The summed E-state index contributed by atoms with van der Waals surface area (Å²) in [6, 6.07) is 23.7. The van der Waals surface area contributed by atoms with Crippen molar-refractivity contribution in [1.29, 1.82) is 5.26 Å². The second-order valence-corrected chi connectivity index (χ2v) is 11.8. The average Bonchev–Trinajstić information content (AvgIpc) is 3.05. The molecule has 48 heavy (non-hydrogen) atoms. The fourth-order valence-corrected chi connectivity index (χ4v) is 4.86. The summed E-state index contributed by atoms with van der Waals surface area (Å²) in [5.41, 5.74) is 1.29. The van der Waals surface area contributed by atoms with Crippen molar-refractivity contribution in [2.45, 2.75) is 25.8 Å². The molecule has 246 valence electrons. The molecule has 11 nitrogen and oxygen atoms in total. The van der Waals surface area contributed by atoms with Gasteiger partial charge in [-0.05, 0) is 76.9 Å². The largest absolute Gasteiger partial charge is 0.507 e. The maximum Gasteiger partial charge on any atom is 0.335 e. The SMILES string of the molecule is CC(C#N)c1cccc(C(=O)O)c1.O=C(O)Cc1nn(Cc2ccc(Br)cc2F)c(=O)c2ccccc12.O=C(O)c1ccc(O)c(Br)c1. The molecular formula is C34H26Br2FN3O8. The molecule has 1 aromatic heterocycles. The van der Waals surface area contributed by atoms with Gasteiger partial charge in [0.15, 0.2) is 0 Å². The van der Waals surface area contributed by atoms with Crippen molar-refractivity contribution >= 4 is 60.5 Å². The predicted octanol–water partition coefficient (Wildman–Crippen LogP) is 6.84. The number of fused-ring (bicyclic) bond motifs is 1. The first-order valence-electron chi connectivity index (χ1n) is 13.8. The number of nitriles is 1. The molecule has 4 N–H and O–H groups in total. The van der Waals surface area contributed by atoms with Gasteiger partial charge >= 0.3 is 17.9 Å². The monoisotopic (exact) mass is 781 g/mol. The van der Waals surface area contributed by atoms with E-state index in [-0.39, 0.29) is 47.0 Å². The molecule has 0 spiro atoms. The lowest BCUT2D eigenvalue weighted by Crippen LogP contribution is -2.26. The lowest BCUT2D eigenvalue weighted by Gasteiger charge is -2.11. The van der Waals surface area contributed by atoms with Crippen molar-refractivity contribution in [2.24, 2.45) is 0 Å². The Morgan fingerprint density at radius 3 is 2.12 bits per heavy atom. The number of aromatic hydroxyl groups is 1. The molecule has 1 atom stereocenters. The van der Waals surface area contributed by atoms with E-state index in [4.69, 9.17) is 25.7 Å². The molecule has 5 aromatic rings. The quantitative estimate of drug-likeness (QED) is 0.136. The molecule has 0 aliphatic carbocycles. The van der Waals surface area contributed by atoms with E-state index in [0.29, 0.717) is 25.3 Å². The molecule has 0 bridgehead atoms. The Labute approximate surface area is 289 Å². The number of carboxylic acid groups (broad SMARTS) is 3. The van der Waals surface area contributed by atoms with Crippen LogP contribution in [0.1, 0.15) is 50.4 Å². The third kappa shape index (κ3) is 10.1. The Kier molecular flexibility index (Phi) is 13.1. The molecule has 14 heteroatoms. The minimum absolute atomic E-state index is 0.0370. The number of rotatable bonds is 7. The summed E-state index contributed by atoms with van der Waals surface area (Å²) in [5.74, 6) is -3.72. The van der Waals surface area contributed by atoms with Gasteiger partial charge in [-0.1, -0.05) is 52.3 Å². The van der Waals surface area contributed by atoms with Crippen LogP contribution >= 0.6 is 31.9 Å². The van der Waals surface area contributed by atoms with Crippen molar-refractivity contribution < 1.29 is 39.2 Å². The summed E-state index contributed by atoms with van der Waals surface area (Å²) >= 11 is 6.18. The molecule has 0 radical (unpaired) electrons. The van der Waals surface area contributed by atoms with Gasteiger partial charge in [-0.15, -0.1) is 0 Å². The number of carbonyl (C=O) groups is 3. The second kappa shape index (κ2) is 17.0. The van der Waals surface area contributed by atoms with Crippen LogP contribution in [-0.2, 0) is 17.8 Å². The van der Waals surface area contributed by atoms with Crippen LogP contribution in [0, 0.1) is 17.1 Å². The lowest BCUT2D eigenvalue weighted by molar-refractivity contribution is -0.136. The lowest BCUT2D eigenvalue weighted by atomic mass is 10.0. The predicted molar refractivity (Wildman–Crippen MR) is 181 cm³/mol. The minimum Gasteiger partial charge on any atom is -0.507 e. The highest BCUT2D eigenvalue weighted by molar-refractivity contribution is 9.10. The van der Waals surface area contributed by atoms with Crippen molar-refractivity contribution in [1.82, 2.24) is 9.78 Å². The van der Waals surface area contributed by atoms with Crippen LogP contribution < -0.4 is 5.56 Å². The molecule has 0 amide bonds. The van der Waals surface area contributed by atoms with Crippen molar-refractivity contribution in [3.63, 3.8) is 0 Å². The third-order valence-corrected chi connectivity index (χ3v) is 7.75. The summed E-state index contributed by atoms with van der Waals surface area (Å²) in [4.78, 5) is 44.6. The first-order valence-corrected chi connectivity index (χ1v) is 15.4. The van der Waals surface area contributed by atoms with Gasteiger partial charge < -0.3 is 20.4 Å². The highest BCUT2D eigenvalue weighted by atomic mass is 79.9. The zero-order valence-electron chi connectivity index (χ0n) is 25.0. The topological polar surface area (TPSA) is 191 Å². The van der Waals surface area contributed by atoms with E-state index in [2.05, 4.69) is 43.0 Å². The number of halogens is 3. The van der Waals surface area contributed by atoms with Crippen molar-refractivity contribution in [2.75, 3.05) is 0 Å². The molecule has 4 aromatic carbocycles. The number of nitrogens with zero attached hydrogens (tertiary/aromatic N) is 3. The first kappa shape index (κ1) is 37.1. The standard InChI is InChI=1S/C17H12BrFN2O3.C10H9NO2.C7H5BrO3/c18-11-6-5-10(14(19)7-11)9-21-17(24)13-4-2-1-3-12(13)15(20-21)8-16(22)23;1-7(6-11)8-3-2-4-9(5-8)10(12)13;8-5-3-4(7(10)11)1-2-6(5)9/h1-7H,8-9H2,(H,22,23);2-5,7H,1H3,(H,12,13);1-3,9H,(H,10,11). The number of phenolic OH excluding ortho intramolecular Hbond substituents is 1. The molecule has 0 saturated heterocycles. The third-order valence-electron chi connectivity index (χ3n) is 6.62. The number of hydrogen-bond acceptors (Lipinski definition) is 7. The zero-order valence-corrected chi connectivity index (χ0v) is 28.1. The first-order chi connectivity index (χ1) is 22.7. The van der Waals surface area contributed by atoms with Crippen LogP contribution in [-0.4, -0.2) is 48.1 Å². The van der Waals surface area contributed by atoms with E-state index in [9.17, 15) is 23.6 Å². The van der Waals surface area contributed by atoms with Gasteiger partial charge in [0.1, 0.15) is 11.6 Å². The van der Waals surface area contributed by atoms with Crippen LogP contribution in [0.5, 0.6) is 5.75 Å².